The van der Waals surface area contributed by atoms with Crippen molar-refractivity contribution in [3.63, 3.8) is 0 Å². The fourth-order valence-corrected chi connectivity index (χ4v) is 1.13. The van der Waals surface area contributed by atoms with Gasteiger partial charge in [-0.2, -0.15) is 0 Å². The second-order valence-corrected chi connectivity index (χ2v) is 2.76. The van der Waals surface area contributed by atoms with Gasteiger partial charge in [0.05, 0.1) is 6.20 Å². The average Bonchev–Trinajstić information content (AvgIpc) is 2.53. The molecule has 0 aromatic carbocycles. The van der Waals surface area contributed by atoms with E-state index in [1.165, 1.54) is 6.20 Å². The van der Waals surface area contributed by atoms with Gasteiger partial charge in [-0.25, -0.2) is 9.97 Å². The summed E-state index contributed by atoms with van der Waals surface area (Å²) in [6.07, 6.45) is 4.97. The molecule has 0 radical (unpaired) electrons. The zero-order chi connectivity index (χ0) is 9.26. The summed E-state index contributed by atoms with van der Waals surface area (Å²) in [5.41, 5.74) is 0.755. The van der Waals surface area contributed by atoms with Crippen molar-refractivity contribution in [3.05, 3.63) is 30.7 Å². The Morgan fingerprint density at radius 3 is 2.69 bits per heavy atom. The van der Waals surface area contributed by atoms with Crippen molar-refractivity contribution in [3.8, 4) is 17.3 Å². The normalized spacial score (nSPS) is 10.2. The molecule has 0 saturated heterocycles. The molecule has 0 spiro atoms. The van der Waals surface area contributed by atoms with Crippen molar-refractivity contribution in [2.45, 2.75) is 0 Å². The number of hydrogen-bond acceptors (Lipinski definition) is 3. The molecule has 0 aliphatic rings. The molecule has 2 rings (SSSR count). The van der Waals surface area contributed by atoms with E-state index in [9.17, 15) is 0 Å². The Balaban J connectivity index is 2.47. The predicted molar refractivity (Wildman–Crippen MR) is 48.1 cm³/mol. The van der Waals surface area contributed by atoms with Crippen LogP contribution in [0.15, 0.2) is 30.7 Å². The van der Waals surface area contributed by atoms with Crippen molar-refractivity contribution in [1.29, 1.82) is 0 Å². The van der Waals surface area contributed by atoms with E-state index >= 15 is 0 Å². The van der Waals surface area contributed by atoms with Crippen LogP contribution in [0.25, 0.3) is 11.5 Å². The standard InChI is InChI=1S/C9H9N3O/c1-12-5-4-10-9(12)8-3-2-7(13)6-11-8/h2-6,13H,1H3. The van der Waals surface area contributed by atoms with Crippen LogP contribution in [0.4, 0.5) is 0 Å². The lowest BCUT2D eigenvalue weighted by atomic mass is 10.3. The number of pyridine rings is 1. The van der Waals surface area contributed by atoms with Gasteiger partial charge in [0.15, 0.2) is 5.82 Å². The highest BCUT2D eigenvalue weighted by Gasteiger charge is 2.03. The van der Waals surface area contributed by atoms with Crippen molar-refractivity contribution < 1.29 is 5.11 Å². The maximum absolute atomic E-state index is 9.03. The molecule has 0 amide bonds. The van der Waals surface area contributed by atoms with Crippen molar-refractivity contribution in [2.24, 2.45) is 7.05 Å². The minimum absolute atomic E-state index is 0.165. The number of hydrogen-bond donors (Lipinski definition) is 1. The van der Waals surface area contributed by atoms with E-state index in [4.69, 9.17) is 5.11 Å². The molecule has 0 unspecified atom stereocenters. The topological polar surface area (TPSA) is 50.9 Å². The smallest absolute Gasteiger partial charge is 0.158 e. The molecule has 1 N–H and O–H groups in total. The van der Waals surface area contributed by atoms with Crippen LogP contribution in [0.2, 0.25) is 0 Å². The van der Waals surface area contributed by atoms with Crippen molar-refractivity contribution >= 4 is 0 Å². The van der Waals surface area contributed by atoms with Crippen LogP contribution in [0.3, 0.4) is 0 Å². The van der Waals surface area contributed by atoms with Gasteiger partial charge < -0.3 is 9.67 Å². The SMILES string of the molecule is Cn1ccnc1-c1ccc(O)cn1. The van der Waals surface area contributed by atoms with E-state index in [1.807, 2.05) is 17.8 Å². The van der Waals surface area contributed by atoms with Crippen LogP contribution in [-0.4, -0.2) is 19.6 Å². The number of aryl methyl sites for hydroxylation is 1. The summed E-state index contributed by atoms with van der Waals surface area (Å²) in [6.45, 7) is 0. The average molecular weight is 175 g/mol. The summed E-state index contributed by atoms with van der Waals surface area (Å²) in [4.78, 5) is 8.18. The number of rotatable bonds is 1. The largest absolute Gasteiger partial charge is 0.506 e. The van der Waals surface area contributed by atoms with Crippen LogP contribution in [0.1, 0.15) is 0 Å². The molecule has 2 heterocycles. The number of aromatic hydroxyl groups is 1. The lowest BCUT2D eigenvalue weighted by Gasteiger charge is -1.99. The summed E-state index contributed by atoms with van der Waals surface area (Å²) >= 11 is 0. The first-order valence-corrected chi connectivity index (χ1v) is 3.90. The van der Waals surface area contributed by atoms with Gasteiger partial charge in [0.2, 0.25) is 0 Å². The summed E-state index contributed by atoms with van der Waals surface area (Å²) in [5.74, 6) is 0.956. The summed E-state index contributed by atoms with van der Waals surface area (Å²) < 4.78 is 1.87. The highest BCUT2D eigenvalue weighted by atomic mass is 16.3. The third kappa shape index (κ3) is 1.38. The van der Waals surface area contributed by atoms with E-state index < -0.39 is 0 Å². The van der Waals surface area contributed by atoms with Crippen LogP contribution in [0.5, 0.6) is 5.75 Å². The van der Waals surface area contributed by atoms with Crippen LogP contribution < -0.4 is 0 Å². The molecule has 0 fully saturated rings. The first-order chi connectivity index (χ1) is 6.27. The van der Waals surface area contributed by atoms with Crippen molar-refractivity contribution in [2.75, 3.05) is 0 Å². The van der Waals surface area contributed by atoms with Crippen LogP contribution in [-0.2, 0) is 7.05 Å². The van der Waals surface area contributed by atoms with Gasteiger partial charge in [-0.05, 0) is 12.1 Å². The lowest BCUT2D eigenvalue weighted by Crippen LogP contribution is -1.92. The van der Waals surface area contributed by atoms with Gasteiger partial charge in [0, 0.05) is 19.4 Å². The van der Waals surface area contributed by atoms with Crippen molar-refractivity contribution in [1.82, 2.24) is 14.5 Å². The molecular weight excluding hydrogens is 166 g/mol. The molecular formula is C9H9N3O. The number of aromatic nitrogens is 3. The maximum Gasteiger partial charge on any atom is 0.158 e. The zero-order valence-electron chi connectivity index (χ0n) is 7.18. The molecule has 0 aliphatic carbocycles. The van der Waals surface area contributed by atoms with Gasteiger partial charge in [-0.15, -0.1) is 0 Å². The Labute approximate surface area is 75.5 Å². The van der Waals surface area contributed by atoms with Gasteiger partial charge >= 0.3 is 0 Å². The van der Waals surface area contributed by atoms with E-state index in [2.05, 4.69) is 9.97 Å². The quantitative estimate of drug-likeness (QED) is 0.708. The molecule has 66 valence electrons. The van der Waals surface area contributed by atoms with Gasteiger partial charge in [-0.1, -0.05) is 0 Å². The molecule has 2 aromatic heterocycles. The Bertz CT molecular complexity index is 405. The number of nitrogens with zero attached hydrogens (tertiary/aromatic N) is 3. The minimum atomic E-state index is 0.165. The fraction of sp³-hybridized carbons (Fsp3) is 0.111. The Morgan fingerprint density at radius 2 is 2.15 bits per heavy atom. The van der Waals surface area contributed by atoms with Crippen LogP contribution >= 0.6 is 0 Å². The second kappa shape index (κ2) is 2.90. The summed E-state index contributed by atoms with van der Waals surface area (Å²) in [7, 11) is 1.90. The Morgan fingerprint density at radius 1 is 1.31 bits per heavy atom. The molecule has 13 heavy (non-hydrogen) atoms. The van der Waals surface area contributed by atoms with Crippen LogP contribution in [0, 0.1) is 0 Å². The monoisotopic (exact) mass is 175 g/mol. The molecule has 4 heteroatoms. The van der Waals surface area contributed by atoms with E-state index in [-0.39, 0.29) is 5.75 Å². The molecule has 0 bridgehead atoms. The Hall–Kier alpha value is -1.84. The first-order valence-electron chi connectivity index (χ1n) is 3.90. The molecule has 0 atom stereocenters. The van der Waals surface area contributed by atoms with Gasteiger partial charge in [-0.3, -0.25) is 0 Å². The third-order valence-electron chi connectivity index (χ3n) is 1.80. The number of imidazole rings is 1. The molecule has 4 nitrogen and oxygen atoms in total. The lowest BCUT2D eigenvalue weighted by molar-refractivity contribution is 0.473. The predicted octanol–water partition coefficient (Wildman–Crippen LogP) is 1.19. The molecule has 0 saturated carbocycles. The molecule has 2 aromatic rings. The summed E-state index contributed by atoms with van der Waals surface area (Å²) in [6, 6.07) is 3.33. The first kappa shape index (κ1) is 7.79. The Kier molecular flexibility index (Phi) is 1.73. The highest BCUT2D eigenvalue weighted by molar-refractivity contribution is 5.50. The zero-order valence-corrected chi connectivity index (χ0v) is 7.18. The van der Waals surface area contributed by atoms with Gasteiger partial charge in [0.1, 0.15) is 11.4 Å². The maximum atomic E-state index is 9.03. The van der Waals surface area contributed by atoms with Gasteiger partial charge in [0.25, 0.3) is 0 Å². The fourth-order valence-electron chi connectivity index (χ4n) is 1.13. The van der Waals surface area contributed by atoms with E-state index in [0.717, 1.165) is 11.5 Å². The highest BCUT2D eigenvalue weighted by Crippen LogP contribution is 2.15. The third-order valence-corrected chi connectivity index (χ3v) is 1.80. The summed E-state index contributed by atoms with van der Waals surface area (Å²) in [5, 5.41) is 9.03. The minimum Gasteiger partial charge on any atom is -0.506 e. The molecule has 0 aliphatic heterocycles. The van der Waals surface area contributed by atoms with E-state index in [1.54, 1.807) is 18.3 Å². The second-order valence-electron chi connectivity index (χ2n) is 2.76. The van der Waals surface area contributed by atoms with E-state index in [0.29, 0.717) is 0 Å².